The lowest BCUT2D eigenvalue weighted by atomic mass is 10.2. The molecule has 1 saturated heterocycles. The highest BCUT2D eigenvalue weighted by atomic mass is 16.5. The van der Waals surface area contributed by atoms with E-state index < -0.39 is 0 Å². The van der Waals surface area contributed by atoms with Gasteiger partial charge in [0.25, 0.3) is 0 Å². The summed E-state index contributed by atoms with van der Waals surface area (Å²) >= 11 is 0. The number of aromatic nitrogens is 2. The van der Waals surface area contributed by atoms with Crippen molar-refractivity contribution in [3.8, 4) is 17.1 Å². The van der Waals surface area contributed by atoms with Crippen LogP contribution in [0.1, 0.15) is 38.1 Å². The van der Waals surface area contributed by atoms with Crippen molar-refractivity contribution in [2.24, 2.45) is 0 Å². The zero-order chi connectivity index (χ0) is 16.9. The topological polar surface area (TPSA) is 80.5 Å². The number of para-hydroxylation sites is 1. The van der Waals surface area contributed by atoms with Crippen molar-refractivity contribution in [3.63, 3.8) is 0 Å². The van der Waals surface area contributed by atoms with Crippen LogP contribution in [0, 0.1) is 0 Å². The molecule has 1 atom stereocenters. The van der Waals surface area contributed by atoms with Gasteiger partial charge in [-0.2, -0.15) is 4.98 Å². The van der Waals surface area contributed by atoms with Crippen LogP contribution in [0.15, 0.2) is 28.8 Å². The molecule has 0 unspecified atom stereocenters. The summed E-state index contributed by atoms with van der Waals surface area (Å²) in [5.74, 6) is 1.64. The number of likely N-dealkylation sites (tertiary alicyclic amines) is 1. The van der Waals surface area contributed by atoms with Gasteiger partial charge in [0.1, 0.15) is 11.8 Å². The molecular weight excluding hydrogens is 308 g/mol. The molecule has 1 aliphatic rings. The van der Waals surface area contributed by atoms with E-state index in [1.54, 1.807) is 12.0 Å². The highest BCUT2D eigenvalue weighted by Gasteiger charge is 2.34. The van der Waals surface area contributed by atoms with Gasteiger partial charge >= 0.3 is 6.03 Å². The number of nitrogens with one attached hydrogen (secondary N) is 1. The molecule has 7 heteroatoms. The molecule has 2 amide bonds. The molecule has 2 heterocycles. The first-order valence-electron chi connectivity index (χ1n) is 8.26. The summed E-state index contributed by atoms with van der Waals surface area (Å²) in [4.78, 5) is 18.5. The highest BCUT2D eigenvalue weighted by molar-refractivity contribution is 5.75. The Kier molecular flexibility index (Phi) is 4.98. The fourth-order valence-electron chi connectivity index (χ4n) is 2.91. The summed E-state index contributed by atoms with van der Waals surface area (Å²) < 4.78 is 10.8. The predicted molar refractivity (Wildman–Crippen MR) is 88.7 cm³/mol. The van der Waals surface area contributed by atoms with Crippen molar-refractivity contribution in [3.05, 3.63) is 30.2 Å². The molecule has 128 valence electrons. The van der Waals surface area contributed by atoms with Crippen molar-refractivity contribution in [2.45, 2.75) is 32.2 Å². The van der Waals surface area contributed by atoms with E-state index in [-0.39, 0.29) is 12.1 Å². The molecule has 0 aliphatic carbocycles. The second-order valence-electron chi connectivity index (χ2n) is 5.74. The number of methoxy groups -OCH3 is 1. The normalized spacial score (nSPS) is 17.1. The number of hydrogen-bond acceptors (Lipinski definition) is 5. The summed E-state index contributed by atoms with van der Waals surface area (Å²) in [6, 6.07) is 7.28. The van der Waals surface area contributed by atoms with E-state index in [4.69, 9.17) is 9.26 Å². The molecule has 0 radical (unpaired) electrons. The fraction of sp³-hybridized carbons (Fsp3) is 0.471. The molecule has 1 N–H and O–H groups in total. The van der Waals surface area contributed by atoms with E-state index in [2.05, 4.69) is 15.5 Å². The van der Waals surface area contributed by atoms with Gasteiger partial charge in [-0.1, -0.05) is 24.2 Å². The maximum Gasteiger partial charge on any atom is 0.318 e. The molecular formula is C17H22N4O3. The summed E-state index contributed by atoms with van der Waals surface area (Å²) in [5, 5.41) is 6.98. The average molecular weight is 330 g/mol. The lowest BCUT2D eigenvalue weighted by molar-refractivity contribution is 0.180. The lowest BCUT2D eigenvalue weighted by Gasteiger charge is -2.22. The molecule has 3 rings (SSSR count). The van der Waals surface area contributed by atoms with Gasteiger partial charge in [-0.3, -0.25) is 0 Å². The largest absolute Gasteiger partial charge is 0.496 e. The first-order valence-corrected chi connectivity index (χ1v) is 8.26. The Morgan fingerprint density at radius 1 is 1.46 bits per heavy atom. The summed E-state index contributed by atoms with van der Waals surface area (Å²) in [5.41, 5.74) is 0.773. The SMILES string of the molecule is CCCNC(=O)N1CCC[C@@H]1c1nc(-c2ccccc2OC)no1. The van der Waals surface area contributed by atoms with Crippen LogP contribution in [0.5, 0.6) is 5.75 Å². The first-order chi connectivity index (χ1) is 11.7. The Morgan fingerprint density at radius 3 is 3.08 bits per heavy atom. The van der Waals surface area contributed by atoms with Crippen LogP contribution in [0.2, 0.25) is 0 Å². The number of benzene rings is 1. The Labute approximate surface area is 141 Å². The Morgan fingerprint density at radius 2 is 2.29 bits per heavy atom. The summed E-state index contributed by atoms with van der Waals surface area (Å²) in [6.45, 7) is 3.39. The standard InChI is InChI=1S/C17H22N4O3/c1-3-10-18-17(22)21-11-6-8-13(21)16-19-15(20-24-16)12-7-4-5-9-14(12)23-2/h4-5,7,9,13H,3,6,8,10-11H2,1-2H3,(H,18,22)/t13-/m1/s1. The lowest BCUT2D eigenvalue weighted by Crippen LogP contribution is -2.39. The minimum atomic E-state index is -0.169. The predicted octanol–water partition coefficient (Wildman–Crippen LogP) is 3.00. The Hall–Kier alpha value is -2.57. The van der Waals surface area contributed by atoms with Gasteiger partial charge in [0.05, 0.1) is 12.7 Å². The smallest absolute Gasteiger partial charge is 0.318 e. The number of hydrogen-bond donors (Lipinski definition) is 1. The van der Waals surface area contributed by atoms with Gasteiger partial charge < -0.3 is 19.5 Å². The van der Waals surface area contributed by atoms with Crippen LogP contribution >= 0.6 is 0 Å². The third kappa shape index (κ3) is 3.20. The molecule has 1 aromatic carbocycles. The van der Waals surface area contributed by atoms with Gasteiger partial charge in [-0.15, -0.1) is 0 Å². The monoisotopic (exact) mass is 330 g/mol. The number of nitrogens with zero attached hydrogens (tertiary/aromatic N) is 3. The van der Waals surface area contributed by atoms with E-state index in [1.807, 2.05) is 31.2 Å². The molecule has 1 fully saturated rings. The van der Waals surface area contributed by atoms with Crippen molar-refractivity contribution in [1.29, 1.82) is 0 Å². The molecule has 0 saturated carbocycles. The molecule has 0 bridgehead atoms. The quantitative estimate of drug-likeness (QED) is 0.911. The van der Waals surface area contributed by atoms with E-state index in [0.29, 0.717) is 30.6 Å². The number of carbonyl (C=O) groups excluding carboxylic acids is 1. The third-order valence-electron chi connectivity index (χ3n) is 4.11. The fourth-order valence-corrected chi connectivity index (χ4v) is 2.91. The molecule has 0 spiro atoms. The van der Waals surface area contributed by atoms with Crippen molar-refractivity contribution in [1.82, 2.24) is 20.4 Å². The Balaban J connectivity index is 1.81. The first kappa shape index (κ1) is 16.3. The number of ether oxygens (including phenoxy) is 1. The summed E-state index contributed by atoms with van der Waals surface area (Å²) in [7, 11) is 1.61. The molecule has 1 aliphatic heterocycles. The van der Waals surface area contributed by atoms with Crippen molar-refractivity contribution >= 4 is 6.03 Å². The van der Waals surface area contributed by atoms with Crippen LogP contribution < -0.4 is 10.1 Å². The molecule has 7 nitrogen and oxygen atoms in total. The highest BCUT2D eigenvalue weighted by Crippen LogP contribution is 2.33. The minimum Gasteiger partial charge on any atom is -0.496 e. The molecule has 24 heavy (non-hydrogen) atoms. The average Bonchev–Trinajstić information content (AvgIpc) is 3.28. The van der Waals surface area contributed by atoms with Crippen molar-refractivity contribution < 1.29 is 14.1 Å². The van der Waals surface area contributed by atoms with Crippen LogP contribution in [-0.2, 0) is 0 Å². The summed E-state index contributed by atoms with van der Waals surface area (Å²) in [6.07, 6.45) is 2.66. The maximum absolute atomic E-state index is 12.3. The number of carbonyl (C=O) groups is 1. The van der Waals surface area contributed by atoms with Gasteiger partial charge in [0, 0.05) is 13.1 Å². The molecule has 2 aromatic rings. The van der Waals surface area contributed by atoms with E-state index in [1.165, 1.54) is 0 Å². The number of rotatable bonds is 5. The number of amides is 2. The number of urea groups is 1. The van der Waals surface area contributed by atoms with E-state index >= 15 is 0 Å². The van der Waals surface area contributed by atoms with Crippen molar-refractivity contribution in [2.75, 3.05) is 20.2 Å². The zero-order valence-corrected chi connectivity index (χ0v) is 14.0. The van der Waals surface area contributed by atoms with E-state index in [9.17, 15) is 4.79 Å². The molecule has 1 aromatic heterocycles. The third-order valence-corrected chi connectivity index (χ3v) is 4.11. The van der Waals surface area contributed by atoms with Gasteiger partial charge in [-0.05, 0) is 31.4 Å². The van der Waals surface area contributed by atoms with Crippen LogP contribution in [0.3, 0.4) is 0 Å². The van der Waals surface area contributed by atoms with E-state index in [0.717, 1.165) is 24.8 Å². The van der Waals surface area contributed by atoms with Crippen LogP contribution in [0.4, 0.5) is 4.79 Å². The maximum atomic E-state index is 12.3. The van der Waals surface area contributed by atoms with Crippen LogP contribution in [-0.4, -0.2) is 41.3 Å². The van der Waals surface area contributed by atoms with Gasteiger partial charge in [0.2, 0.25) is 11.7 Å². The Bertz CT molecular complexity index is 701. The zero-order valence-electron chi connectivity index (χ0n) is 14.0. The second-order valence-corrected chi connectivity index (χ2v) is 5.74. The van der Waals surface area contributed by atoms with Gasteiger partial charge in [0.15, 0.2) is 0 Å². The minimum absolute atomic E-state index is 0.0728. The van der Waals surface area contributed by atoms with Gasteiger partial charge in [-0.25, -0.2) is 4.79 Å². The second kappa shape index (κ2) is 7.33. The van der Waals surface area contributed by atoms with Crippen LogP contribution in [0.25, 0.3) is 11.4 Å².